The first kappa shape index (κ1) is 17.7. The van der Waals surface area contributed by atoms with E-state index in [4.69, 9.17) is 4.74 Å². The van der Waals surface area contributed by atoms with E-state index in [9.17, 15) is 14.4 Å². The van der Waals surface area contributed by atoms with Gasteiger partial charge in [-0.15, -0.1) is 0 Å². The van der Waals surface area contributed by atoms with Gasteiger partial charge in [-0.05, 0) is 30.2 Å². The lowest BCUT2D eigenvalue weighted by Crippen LogP contribution is -2.52. The van der Waals surface area contributed by atoms with Crippen molar-refractivity contribution < 1.29 is 19.1 Å². The maximum absolute atomic E-state index is 13.2. The van der Waals surface area contributed by atoms with Crippen LogP contribution in [0.5, 0.6) is 0 Å². The molecule has 26 heavy (non-hydrogen) atoms. The first-order valence-electron chi connectivity index (χ1n) is 9.41. The molecule has 6 nitrogen and oxygen atoms in total. The van der Waals surface area contributed by atoms with Crippen molar-refractivity contribution in [2.45, 2.75) is 56.7 Å². The number of Topliss-reactive ketones (excluding diaryl/α,β-unsaturated/α-hetero) is 1. The molecule has 1 aromatic rings. The third-order valence-corrected chi connectivity index (χ3v) is 6.51. The number of nitrogens with one attached hydrogen (secondary N) is 1. The number of carbonyl (C=O) groups excluding carboxylic acids is 3. The topological polar surface area (TPSA) is 75.7 Å². The third-order valence-electron chi connectivity index (χ3n) is 5.83. The summed E-state index contributed by atoms with van der Waals surface area (Å²) >= 11 is 1.46. The van der Waals surface area contributed by atoms with Crippen molar-refractivity contribution in [2.75, 3.05) is 13.2 Å². The summed E-state index contributed by atoms with van der Waals surface area (Å²) in [5.74, 6) is 0.0875. The Morgan fingerprint density at radius 2 is 2.12 bits per heavy atom. The molecule has 3 unspecified atom stereocenters. The van der Waals surface area contributed by atoms with Crippen LogP contribution in [0.3, 0.4) is 0 Å². The van der Waals surface area contributed by atoms with Crippen LogP contribution >= 0.6 is 11.3 Å². The van der Waals surface area contributed by atoms with Gasteiger partial charge in [0.2, 0.25) is 5.91 Å². The third kappa shape index (κ3) is 3.42. The highest BCUT2D eigenvalue weighted by molar-refractivity contribution is 7.08. The van der Waals surface area contributed by atoms with Gasteiger partial charge in [-0.2, -0.15) is 11.3 Å². The van der Waals surface area contributed by atoms with Gasteiger partial charge in [0.05, 0.1) is 11.7 Å². The molecular weight excluding hydrogens is 352 g/mol. The Morgan fingerprint density at radius 3 is 2.85 bits per heavy atom. The van der Waals surface area contributed by atoms with Crippen molar-refractivity contribution in [3.63, 3.8) is 0 Å². The molecule has 1 aromatic heterocycles. The number of rotatable bonds is 5. The molecule has 0 radical (unpaired) electrons. The van der Waals surface area contributed by atoms with Crippen molar-refractivity contribution >= 4 is 28.9 Å². The smallest absolute Gasteiger partial charge is 0.252 e. The molecule has 1 aliphatic carbocycles. The van der Waals surface area contributed by atoms with E-state index in [0.717, 1.165) is 12.8 Å². The summed E-state index contributed by atoms with van der Waals surface area (Å²) in [6, 6.07) is 0.724. The van der Waals surface area contributed by atoms with Crippen LogP contribution in [-0.4, -0.2) is 53.8 Å². The van der Waals surface area contributed by atoms with Crippen LogP contribution in [0.2, 0.25) is 0 Å². The minimum Gasteiger partial charge on any atom is -0.368 e. The van der Waals surface area contributed by atoms with E-state index in [-0.39, 0.29) is 30.3 Å². The Morgan fingerprint density at radius 1 is 1.31 bits per heavy atom. The number of hydrogen-bond acceptors (Lipinski definition) is 5. The first-order valence-corrected chi connectivity index (χ1v) is 10.4. The predicted molar refractivity (Wildman–Crippen MR) is 97.0 cm³/mol. The summed E-state index contributed by atoms with van der Waals surface area (Å²) in [6.45, 7) is 0.614. The molecule has 7 heteroatoms. The Hall–Kier alpha value is -1.73. The average molecular weight is 376 g/mol. The van der Waals surface area contributed by atoms with E-state index >= 15 is 0 Å². The van der Waals surface area contributed by atoms with Crippen molar-refractivity contribution in [2.24, 2.45) is 5.92 Å². The van der Waals surface area contributed by atoms with E-state index in [1.807, 2.05) is 5.38 Å². The second kappa shape index (κ2) is 7.48. The van der Waals surface area contributed by atoms with Gasteiger partial charge in [-0.25, -0.2) is 0 Å². The largest absolute Gasteiger partial charge is 0.368 e. The van der Waals surface area contributed by atoms with Crippen LogP contribution < -0.4 is 5.32 Å². The van der Waals surface area contributed by atoms with Gasteiger partial charge in [0, 0.05) is 11.9 Å². The molecule has 0 bridgehead atoms. The highest BCUT2D eigenvalue weighted by Gasteiger charge is 2.48. The van der Waals surface area contributed by atoms with Crippen molar-refractivity contribution in [1.82, 2.24) is 10.2 Å². The van der Waals surface area contributed by atoms with Gasteiger partial charge in [0.25, 0.3) is 5.91 Å². The second-order valence-electron chi connectivity index (χ2n) is 7.51. The molecule has 3 fully saturated rings. The van der Waals surface area contributed by atoms with Crippen LogP contribution in [0.4, 0.5) is 0 Å². The SMILES string of the molecule is O=C(NC(CC1CCCC1)C(=O)N1CCC2OCC(=O)C21)c1ccsc1. The standard InChI is InChI=1S/C19H24N2O4S/c22-15-10-25-16-5-7-21(17(15)16)19(24)14(9-12-3-1-2-4-12)20-18(23)13-6-8-26-11-13/h6,8,11-12,14,16-17H,1-5,7,9-10H2,(H,20,23). The number of fused-ring (bicyclic) bond motifs is 1. The van der Waals surface area contributed by atoms with Gasteiger partial charge >= 0.3 is 0 Å². The van der Waals surface area contributed by atoms with Crippen LogP contribution in [-0.2, 0) is 14.3 Å². The highest BCUT2D eigenvalue weighted by Crippen LogP contribution is 2.31. The summed E-state index contributed by atoms with van der Waals surface area (Å²) < 4.78 is 5.49. The van der Waals surface area contributed by atoms with Crippen LogP contribution in [0.1, 0.15) is 48.9 Å². The maximum atomic E-state index is 13.2. The lowest BCUT2D eigenvalue weighted by atomic mass is 9.96. The average Bonchev–Trinajstić information content (AvgIpc) is 3.41. The number of likely N-dealkylation sites (tertiary alicyclic amines) is 1. The molecule has 1 N–H and O–H groups in total. The Bertz CT molecular complexity index is 684. The van der Waals surface area contributed by atoms with E-state index in [1.165, 1.54) is 24.2 Å². The molecule has 2 saturated heterocycles. The molecule has 0 aromatic carbocycles. The summed E-state index contributed by atoms with van der Waals surface area (Å²) in [5.41, 5.74) is 0.582. The quantitative estimate of drug-likeness (QED) is 0.853. The molecule has 3 atom stereocenters. The molecule has 3 aliphatic rings. The minimum atomic E-state index is -0.572. The fourth-order valence-electron chi connectivity index (χ4n) is 4.48. The molecule has 2 amide bonds. The number of carbonyl (C=O) groups is 3. The Balaban J connectivity index is 1.50. The van der Waals surface area contributed by atoms with Crippen LogP contribution in [0.15, 0.2) is 16.8 Å². The van der Waals surface area contributed by atoms with Crippen LogP contribution in [0.25, 0.3) is 0 Å². The fourth-order valence-corrected chi connectivity index (χ4v) is 5.11. The maximum Gasteiger partial charge on any atom is 0.252 e. The molecule has 2 aliphatic heterocycles. The molecule has 0 spiro atoms. The Labute approximate surface area is 156 Å². The zero-order valence-electron chi connectivity index (χ0n) is 14.7. The molecule has 1 saturated carbocycles. The molecular formula is C19H24N2O4S. The number of ketones is 1. The normalized spacial score (nSPS) is 26.9. The molecule has 140 valence electrons. The van der Waals surface area contributed by atoms with Gasteiger partial charge in [0.15, 0.2) is 5.78 Å². The van der Waals surface area contributed by atoms with E-state index < -0.39 is 12.1 Å². The summed E-state index contributed by atoms with van der Waals surface area (Å²) in [6.07, 6.45) is 5.74. The van der Waals surface area contributed by atoms with Gasteiger partial charge in [0.1, 0.15) is 18.7 Å². The van der Waals surface area contributed by atoms with Gasteiger partial charge < -0.3 is 15.0 Å². The van der Waals surface area contributed by atoms with E-state index in [0.29, 0.717) is 30.9 Å². The molecule has 4 rings (SSSR count). The summed E-state index contributed by atoms with van der Waals surface area (Å²) in [5, 5.41) is 6.58. The number of hydrogen-bond donors (Lipinski definition) is 1. The fraction of sp³-hybridized carbons (Fsp3) is 0.632. The zero-order chi connectivity index (χ0) is 18.1. The zero-order valence-corrected chi connectivity index (χ0v) is 15.5. The highest BCUT2D eigenvalue weighted by atomic mass is 32.1. The van der Waals surface area contributed by atoms with Crippen LogP contribution in [0, 0.1) is 5.92 Å². The predicted octanol–water partition coefficient (Wildman–Crippen LogP) is 2.00. The van der Waals surface area contributed by atoms with Gasteiger partial charge in [-0.3, -0.25) is 14.4 Å². The van der Waals surface area contributed by atoms with Crippen molar-refractivity contribution in [1.29, 1.82) is 0 Å². The summed E-state index contributed by atoms with van der Waals surface area (Å²) in [7, 11) is 0. The Kier molecular flexibility index (Phi) is 5.09. The lowest BCUT2D eigenvalue weighted by molar-refractivity contribution is -0.138. The lowest BCUT2D eigenvalue weighted by Gasteiger charge is -2.29. The van der Waals surface area contributed by atoms with E-state index in [1.54, 1.807) is 16.3 Å². The van der Waals surface area contributed by atoms with Crippen molar-refractivity contribution in [3.05, 3.63) is 22.4 Å². The number of ether oxygens (including phenoxy) is 1. The number of thiophene rings is 1. The minimum absolute atomic E-state index is 0.0235. The number of nitrogens with zero attached hydrogens (tertiary/aromatic N) is 1. The number of amides is 2. The molecule has 3 heterocycles. The first-order chi connectivity index (χ1) is 12.6. The van der Waals surface area contributed by atoms with Gasteiger partial charge in [-0.1, -0.05) is 25.7 Å². The van der Waals surface area contributed by atoms with Crippen molar-refractivity contribution in [3.8, 4) is 0 Å². The summed E-state index contributed by atoms with van der Waals surface area (Å²) in [4.78, 5) is 39.6. The monoisotopic (exact) mass is 376 g/mol. The van der Waals surface area contributed by atoms with E-state index in [2.05, 4.69) is 5.32 Å². The second-order valence-corrected chi connectivity index (χ2v) is 8.29.